The number of rotatable bonds is 4. The number of aldehydes is 1. The van der Waals surface area contributed by atoms with E-state index < -0.39 is 0 Å². The maximum Gasteiger partial charge on any atom is 0.168 e. The Kier molecular flexibility index (Phi) is 3.82. The topological polar surface area (TPSA) is 52.1 Å². The van der Waals surface area contributed by atoms with Gasteiger partial charge in [-0.3, -0.25) is 9.78 Å². The van der Waals surface area contributed by atoms with E-state index in [0.717, 1.165) is 10.0 Å². The van der Waals surface area contributed by atoms with Crippen LogP contribution in [0, 0.1) is 0 Å². The van der Waals surface area contributed by atoms with Gasteiger partial charge in [0.05, 0.1) is 6.20 Å². The van der Waals surface area contributed by atoms with Crippen LogP contribution in [0.3, 0.4) is 0 Å². The van der Waals surface area contributed by atoms with Gasteiger partial charge in [0, 0.05) is 22.4 Å². The standard InChI is InChI=1S/C12H9BrN2O2/c13-10-3-9(4-14-5-10)8-17-12-2-1-11(7-16)15-6-12/h1-7H,8H2. The molecule has 0 unspecified atom stereocenters. The van der Waals surface area contributed by atoms with Crippen molar-refractivity contribution in [3.63, 3.8) is 0 Å². The van der Waals surface area contributed by atoms with Crippen LogP contribution >= 0.6 is 15.9 Å². The Morgan fingerprint density at radius 3 is 2.82 bits per heavy atom. The molecule has 0 atom stereocenters. The SMILES string of the molecule is O=Cc1ccc(OCc2cncc(Br)c2)cn1. The van der Waals surface area contributed by atoms with Gasteiger partial charge in [0.25, 0.3) is 0 Å². The zero-order valence-corrected chi connectivity index (χ0v) is 10.4. The van der Waals surface area contributed by atoms with Crippen LogP contribution in [0.15, 0.2) is 41.3 Å². The summed E-state index contributed by atoms with van der Waals surface area (Å²) in [5, 5.41) is 0. The number of nitrogens with zero attached hydrogens (tertiary/aromatic N) is 2. The average Bonchev–Trinajstić information content (AvgIpc) is 2.37. The minimum atomic E-state index is 0.390. The van der Waals surface area contributed by atoms with E-state index >= 15 is 0 Å². The van der Waals surface area contributed by atoms with E-state index in [0.29, 0.717) is 24.3 Å². The lowest BCUT2D eigenvalue weighted by Crippen LogP contribution is -1.97. The van der Waals surface area contributed by atoms with E-state index in [9.17, 15) is 4.79 Å². The molecule has 0 radical (unpaired) electrons. The summed E-state index contributed by atoms with van der Waals surface area (Å²) >= 11 is 3.34. The maximum absolute atomic E-state index is 10.4. The van der Waals surface area contributed by atoms with Crippen LogP contribution in [0.25, 0.3) is 0 Å². The molecule has 0 aromatic carbocycles. The molecule has 2 aromatic rings. The molecule has 86 valence electrons. The molecule has 0 spiro atoms. The van der Waals surface area contributed by atoms with Crippen molar-refractivity contribution in [3.05, 3.63) is 52.5 Å². The largest absolute Gasteiger partial charge is 0.487 e. The summed E-state index contributed by atoms with van der Waals surface area (Å²) in [6.45, 7) is 0.411. The lowest BCUT2D eigenvalue weighted by atomic mass is 10.3. The Morgan fingerprint density at radius 2 is 2.18 bits per heavy atom. The molecule has 2 aromatic heterocycles. The lowest BCUT2D eigenvalue weighted by molar-refractivity contribution is 0.111. The third-order valence-electron chi connectivity index (χ3n) is 2.05. The van der Waals surface area contributed by atoms with Crippen molar-refractivity contribution in [2.75, 3.05) is 0 Å². The first kappa shape index (κ1) is 11.7. The first-order valence-electron chi connectivity index (χ1n) is 4.91. The van der Waals surface area contributed by atoms with Gasteiger partial charge in [-0.1, -0.05) is 0 Å². The van der Waals surface area contributed by atoms with Crippen LogP contribution in [0.4, 0.5) is 0 Å². The van der Waals surface area contributed by atoms with Gasteiger partial charge >= 0.3 is 0 Å². The van der Waals surface area contributed by atoms with E-state index in [1.54, 1.807) is 24.5 Å². The number of pyridine rings is 2. The van der Waals surface area contributed by atoms with Crippen molar-refractivity contribution in [3.8, 4) is 5.75 Å². The molecule has 0 saturated heterocycles. The third-order valence-corrected chi connectivity index (χ3v) is 2.48. The molecule has 0 aliphatic rings. The molecule has 2 heterocycles. The molecular weight excluding hydrogens is 284 g/mol. The van der Waals surface area contributed by atoms with Crippen LogP contribution in [-0.4, -0.2) is 16.3 Å². The molecule has 0 saturated carbocycles. The molecule has 0 aliphatic heterocycles. The Labute approximate surface area is 107 Å². The fourth-order valence-electron chi connectivity index (χ4n) is 1.25. The van der Waals surface area contributed by atoms with Crippen molar-refractivity contribution in [1.29, 1.82) is 0 Å². The number of hydrogen-bond acceptors (Lipinski definition) is 4. The number of halogens is 1. The van der Waals surface area contributed by atoms with E-state index in [4.69, 9.17) is 4.74 Å². The fraction of sp³-hybridized carbons (Fsp3) is 0.0833. The second-order valence-corrected chi connectivity index (χ2v) is 4.25. The smallest absolute Gasteiger partial charge is 0.168 e. The zero-order chi connectivity index (χ0) is 12.1. The van der Waals surface area contributed by atoms with Crippen molar-refractivity contribution in [1.82, 2.24) is 9.97 Å². The van der Waals surface area contributed by atoms with Crippen LogP contribution in [-0.2, 0) is 6.61 Å². The summed E-state index contributed by atoms with van der Waals surface area (Å²) in [7, 11) is 0. The van der Waals surface area contributed by atoms with E-state index in [-0.39, 0.29) is 0 Å². The Bertz CT molecular complexity index is 514. The summed E-state index contributed by atoms with van der Waals surface area (Å²) in [6.07, 6.45) is 5.67. The highest BCUT2D eigenvalue weighted by molar-refractivity contribution is 9.10. The predicted molar refractivity (Wildman–Crippen MR) is 65.9 cm³/mol. The van der Waals surface area contributed by atoms with Gasteiger partial charge < -0.3 is 4.74 Å². The molecule has 4 nitrogen and oxygen atoms in total. The minimum Gasteiger partial charge on any atom is -0.487 e. The van der Waals surface area contributed by atoms with Gasteiger partial charge in [0.15, 0.2) is 6.29 Å². The Morgan fingerprint density at radius 1 is 1.29 bits per heavy atom. The highest BCUT2D eigenvalue weighted by Crippen LogP contribution is 2.13. The number of aromatic nitrogens is 2. The summed E-state index contributed by atoms with van der Waals surface area (Å²) in [5.41, 5.74) is 1.35. The quantitative estimate of drug-likeness (QED) is 0.813. The number of ether oxygens (including phenoxy) is 1. The first-order chi connectivity index (χ1) is 8.28. The van der Waals surface area contributed by atoms with E-state index in [2.05, 4.69) is 25.9 Å². The molecule has 5 heteroatoms. The lowest BCUT2D eigenvalue weighted by Gasteiger charge is -2.05. The predicted octanol–water partition coefficient (Wildman–Crippen LogP) is 2.63. The van der Waals surface area contributed by atoms with Crippen LogP contribution < -0.4 is 4.74 Å². The second kappa shape index (κ2) is 5.54. The van der Waals surface area contributed by atoms with Gasteiger partial charge in [-0.05, 0) is 34.1 Å². The van der Waals surface area contributed by atoms with Crippen LogP contribution in [0.1, 0.15) is 16.1 Å². The molecule has 0 N–H and O–H groups in total. The minimum absolute atomic E-state index is 0.390. The van der Waals surface area contributed by atoms with Gasteiger partial charge in [0.1, 0.15) is 18.1 Å². The first-order valence-corrected chi connectivity index (χ1v) is 5.70. The van der Waals surface area contributed by atoms with Gasteiger partial charge in [0.2, 0.25) is 0 Å². The summed E-state index contributed by atoms with van der Waals surface area (Å²) < 4.78 is 6.42. The van der Waals surface area contributed by atoms with Crippen molar-refractivity contribution in [2.24, 2.45) is 0 Å². The third kappa shape index (κ3) is 3.35. The monoisotopic (exact) mass is 292 g/mol. The molecule has 17 heavy (non-hydrogen) atoms. The van der Waals surface area contributed by atoms with E-state index in [1.165, 1.54) is 6.20 Å². The van der Waals surface area contributed by atoms with Crippen LogP contribution in [0.2, 0.25) is 0 Å². The number of carbonyl (C=O) groups excluding carboxylic acids is 1. The van der Waals surface area contributed by atoms with Crippen molar-refractivity contribution >= 4 is 22.2 Å². The molecule has 0 aliphatic carbocycles. The van der Waals surface area contributed by atoms with Crippen molar-refractivity contribution in [2.45, 2.75) is 6.61 Å². The fourth-order valence-corrected chi connectivity index (χ4v) is 1.66. The normalized spacial score (nSPS) is 9.94. The Balaban J connectivity index is 1.99. The van der Waals surface area contributed by atoms with Gasteiger partial charge in [-0.25, -0.2) is 4.98 Å². The zero-order valence-electron chi connectivity index (χ0n) is 8.84. The summed E-state index contributed by atoms with van der Waals surface area (Å²) in [6, 6.07) is 5.25. The molecular formula is C12H9BrN2O2. The molecule has 0 bridgehead atoms. The number of hydrogen-bond donors (Lipinski definition) is 0. The Hall–Kier alpha value is -1.75. The summed E-state index contributed by atoms with van der Waals surface area (Å²) in [5.74, 6) is 0.621. The van der Waals surface area contributed by atoms with Crippen molar-refractivity contribution < 1.29 is 9.53 Å². The maximum atomic E-state index is 10.4. The second-order valence-electron chi connectivity index (χ2n) is 3.34. The average molecular weight is 293 g/mol. The molecule has 2 rings (SSSR count). The highest BCUT2D eigenvalue weighted by atomic mass is 79.9. The van der Waals surface area contributed by atoms with E-state index in [1.807, 2.05) is 6.07 Å². The van der Waals surface area contributed by atoms with Gasteiger partial charge in [-0.2, -0.15) is 0 Å². The van der Waals surface area contributed by atoms with Crippen LogP contribution in [0.5, 0.6) is 5.75 Å². The highest BCUT2D eigenvalue weighted by Gasteiger charge is 1.98. The molecule has 0 fully saturated rings. The van der Waals surface area contributed by atoms with Gasteiger partial charge in [-0.15, -0.1) is 0 Å². The summed E-state index contributed by atoms with van der Waals surface area (Å²) in [4.78, 5) is 18.4. The molecule has 0 amide bonds. The number of carbonyl (C=O) groups is 1.